The fourth-order valence-electron chi connectivity index (χ4n) is 4.03. The van der Waals surface area contributed by atoms with Crippen LogP contribution in [0.4, 0.5) is 22.2 Å². The number of anilines is 3. The SMILES string of the molecule is CN1CCN(c2cc(C=C3SC(=O)NC3=O)nc(N3CCN(c4cncnc4)CC3)n2)CC1. The highest BCUT2D eigenvalue weighted by Crippen LogP contribution is 2.27. The van der Waals surface area contributed by atoms with Crippen molar-refractivity contribution in [1.82, 2.24) is 30.2 Å². The van der Waals surface area contributed by atoms with Gasteiger partial charge in [-0.15, -0.1) is 0 Å². The Morgan fingerprint density at radius 1 is 0.909 bits per heavy atom. The molecule has 3 aliphatic heterocycles. The molecular weight excluding hydrogens is 442 g/mol. The second kappa shape index (κ2) is 9.32. The molecule has 3 saturated heterocycles. The van der Waals surface area contributed by atoms with E-state index in [1.54, 1.807) is 6.08 Å². The van der Waals surface area contributed by atoms with Crippen molar-refractivity contribution in [3.63, 3.8) is 0 Å². The van der Waals surface area contributed by atoms with Crippen molar-refractivity contribution in [3.05, 3.63) is 35.4 Å². The molecule has 5 heterocycles. The highest BCUT2D eigenvalue weighted by atomic mass is 32.2. The Morgan fingerprint density at radius 3 is 2.24 bits per heavy atom. The molecule has 0 spiro atoms. The van der Waals surface area contributed by atoms with Crippen LogP contribution in [-0.2, 0) is 4.79 Å². The number of piperazine rings is 2. The second-order valence-electron chi connectivity index (χ2n) is 8.16. The predicted octanol–water partition coefficient (Wildman–Crippen LogP) is 0.669. The van der Waals surface area contributed by atoms with Gasteiger partial charge in [0, 0.05) is 58.4 Å². The molecule has 3 aliphatic rings. The largest absolute Gasteiger partial charge is 0.365 e. The van der Waals surface area contributed by atoms with Crippen molar-refractivity contribution in [3.8, 4) is 0 Å². The molecule has 0 saturated carbocycles. The van der Waals surface area contributed by atoms with Crippen molar-refractivity contribution < 1.29 is 9.59 Å². The summed E-state index contributed by atoms with van der Waals surface area (Å²) < 4.78 is 0. The van der Waals surface area contributed by atoms with Crippen LogP contribution in [0.2, 0.25) is 0 Å². The first kappa shape index (κ1) is 21.6. The van der Waals surface area contributed by atoms with Crippen LogP contribution in [0.5, 0.6) is 0 Å². The number of nitrogens with zero attached hydrogens (tertiary/aromatic N) is 8. The molecule has 2 aromatic rings. The van der Waals surface area contributed by atoms with Crippen LogP contribution in [0.15, 0.2) is 29.7 Å². The molecule has 0 radical (unpaired) electrons. The Balaban J connectivity index is 1.40. The van der Waals surface area contributed by atoms with Gasteiger partial charge in [0.1, 0.15) is 12.1 Å². The van der Waals surface area contributed by atoms with Gasteiger partial charge in [-0.1, -0.05) is 0 Å². The zero-order chi connectivity index (χ0) is 22.8. The average molecular weight is 468 g/mol. The molecule has 5 rings (SSSR count). The van der Waals surface area contributed by atoms with Crippen molar-refractivity contribution in [2.45, 2.75) is 0 Å². The Morgan fingerprint density at radius 2 is 1.58 bits per heavy atom. The number of thioether (sulfide) groups is 1. The maximum atomic E-state index is 12.1. The number of nitrogens with one attached hydrogen (secondary N) is 1. The van der Waals surface area contributed by atoms with Gasteiger partial charge in [-0.25, -0.2) is 15.0 Å². The molecular formula is C21H25N9O2S. The normalized spacial score (nSPS) is 21.1. The molecule has 11 nitrogen and oxygen atoms in total. The van der Waals surface area contributed by atoms with E-state index in [-0.39, 0.29) is 11.1 Å². The minimum absolute atomic E-state index is 0.350. The number of hydrogen-bond acceptors (Lipinski definition) is 11. The fourth-order valence-corrected chi connectivity index (χ4v) is 4.69. The van der Waals surface area contributed by atoms with Crippen LogP contribution in [0.25, 0.3) is 6.08 Å². The Labute approximate surface area is 195 Å². The van der Waals surface area contributed by atoms with Crippen molar-refractivity contribution in [2.75, 3.05) is 74.1 Å². The first-order valence-corrected chi connectivity index (χ1v) is 11.7. The van der Waals surface area contributed by atoms with E-state index in [1.165, 1.54) is 6.33 Å². The lowest BCUT2D eigenvalue weighted by Crippen LogP contribution is -2.48. The van der Waals surface area contributed by atoms with Gasteiger partial charge in [0.15, 0.2) is 0 Å². The topological polar surface area (TPSA) is 111 Å². The summed E-state index contributed by atoms with van der Waals surface area (Å²) in [4.78, 5) is 50.8. The summed E-state index contributed by atoms with van der Waals surface area (Å²) in [5.41, 5.74) is 1.63. The van der Waals surface area contributed by atoms with E-state index in [0.29, 0.717) is 16.5 Å². The third-order valence-electron chi connectivity index (χ3n) is 5.94. The molecule has 0 aliphatic carbocycles. The first-order valence-electron chi connectivity index (χ1n) is 10.9. The molecule has 12 heteroatoms. The van der Waals surface area contributed by atoms with Crippen LogP contribution in [0.1, 0.15) is 5.69 Å². The molecule has 3 fully saturated rings. The van der Waals surface area contributed by atoms with Crippen LogP contribution in [0.3, 0.4) is 0 Å². The minimum Gasteiger partial charge on any atom is -0.365 e. The van der Waals surface area contributed by atoms with E-state index in [2.05, 4.69) is 41.9 Å². The van der Waals surface area contributed by atoms with Crippen LogP contribution in [-0.4, -0.2) is 95.4 Å². The highest BCUT2D eigenvalue weighted by Gasteiger charge is 2.27. The standard InChI is InChI=1S/C21H25N9O2S/c1-27-2-4-29(5-3-27)18-11-15(10-17-19(31)26-21(32)33-17)24-20(25-18)30-8-6-28(7-9-30)16-12-22-14-23-13-16/h10-14H,2-9H2,1H3,(H,26,31,32). The lowest BCUT2D eigenvalue weighted by molar-refractivity contribution is -0.115. The van der Waals surface area contributed by atoms with E-state index in [9.17, 15) is 9.59 Å². The third kappa shape index (κ3) is 4.91. The molecule has 0 aromatic carbocycles. The van der Waals surface area contributed by atoms with E-state index in [0.717, 1.165) is 75.6 Å². The molecule has 33 heavy (non-hydrogen) atoms. The molecule has 0 unspecified atom stereocenters. The molecule has 1 N–H and O–H groups in total. The lowest BCUT2D eigenvalue weighted by Gasteiger charge is -2.37. The Bertz CT molecular complexity index is 1060. The van der Waals surface area contributed by atoms with Crippen molar-refractivity contribution in [1.29, 1.82) is 0 Å². The van der Waals surface area contributed by atoms with E-state index >= 15 is 0 Å². The first-order chi connectivity index (χ1) is 16.0. The zero-order valence-corrected chi connectivity index (χ0v) is 19.2. The second-order valence-corrected chi connectivity index (χ2v) is 9.18. The van der Waals surface area contributed by atoms with Gasteiger partial charge in [-0.2, -0.15) is 4.98 Å². The summed E-state index contributed by atoms with van der Waals surface area (Å²) >= 11 is 0.898. The zero-order valence-electron chi connectivity index (χ0n) is 18.3. The number of carbonyl (C=O) groups is 2. The summed E-state index contributed by atoms with van der Waals surface area (Å²) in [7, 11) is 2.11. The maximum Gasteiger partial charge on any atom is 0.290 e. The summed E-state index contributed by atoms with van der Waals surface area (Å²) in [6.07, 6.45) is 6.85. The average Bonchev–Trinajstić information content (AvgIpc) is 3.16. The van der Waals surface area contributed by atoms with Crippen molar-refractivity contribution in [2.24, 2.45) is 0 Å². The van der Waals surface area contributed by atoms with Gasteiger partial charge >= 0.3 is 0 Å². The quantitative estimate of drug-likeness (QED) is 0.641. The monoisotopic (exact) mass is 467 g/mol. The Hall–Kier alpha value is -3.25. The molecule has 172 valence electrons. The van der Waals surface area contributed by atoms with Gasteiger partial charge in [-0.05, 0) is 24.9 Å². The van der Waals surface area contributed by atoms with E-state index in [4.69, 9.17) is 9.97 Å². The number of aromatic nitrogens is 4. The number of imide groups is 1. The smallest absolute Gasteiger partial charge is 0.290 e. The minimum atomic E-state index is -0.384. The summed E-state index contributed by atoms with van der Waals surface area (Å²) in [6.45, 7) is 6.78. The summed E-state index contributed by atoms with van der Waals surface area (Å²) in [6, 6.07) is 1.90. The van der Waals surface area contributed by atoms with Gasteiger partial charge in [-0.3, -0.25) is 14.9 Å². The number of carbonyl (C=O) groups excluding carboxylic acids is 2. The molecule has 0 bridgehead atoms. The van der Waals surface area contributed by atoms with Gasteiger partial charge < -0.3 is 19.6 Å². The van der Waals surface area contributed by atoms with Gasteiger partial charge in [0.25, 0.3) is 11.1 Å². The third-order valence-corrected chi connectivity index (χ3v) is 6.75. The lowest BCUT2D eigenvalue weighted by atomic mass is 10.2. The predicted molar refractivity (Wildman–Crippen MR) is 127 cm³/mol. The van der Waals surface area contributed by atoms with Crippen molar-refractivity contribution >= 4 is 46.4 Å². The summed E-state index contributed by atoms with van der Waals surface area (Å²) in [5, 5.41) is 1.94. The Kier molecular flexibility index (Phi) is 6.09. The number of likely N-dealkylation sites (N-methyl/N-ethyl adjacent to an activating group) is 1. The highest BCUT2D eigenvalue weighted by molar-refractivity contribution is 8.18. The fraction of sp³-hybridized carbons (Fsp3) is 0.429. The van der Waals surface area contributed by atoms with Crippen LogP contribution < -0.4 is 20.0 Å². The summed E-state index contributed by atoms with van der Waals surface area (Å²) in [5.74, 6) is 1.09. The molecule has 2 amide bonds. The maximum absolute atomic E-state index is 12.1. The van der Waals surface area contributed by atoms with Gasteiger partial charge in [0.05, 0.1) is 28.7 Å². The van der Waals surface area contributed by atoms with Gasteiger partial charge in [0.2, 0.25) is 5.95 Å². The van der Waals surface area contributed by atoms with E-state index < -0.39 is 0 Å². The number of hydrogen-bond donors (Lipinski definition) is 1. The van der Waals surface area contributed by atoms with Crippen LogP contribution >= 0.6 is 11.8 Å². The molecule has 2 aromatic heterocycles. The van der Waals surface area contributed by atoms with Crippen LogP contribution in [0, 0.1) is 0 Å². The number of rotatable bonds is 4. The number of amides is 2. The van der Waals surface area contributed by atoms with E-state index in [1.807, 2.05) is 18.5 Å². The molecule has 0 atom stereocenters.